The van der Waals surface area contributed by atoms with Crippen LogP contribution in [-0.2, 0) is 0 Å². The van der Waals surface area contributed by atoms with Crippen LogP contribution in [0.5, 0.6) is 11.5 Å². The second kappa shape index (κ2) is 5.44. The number of nitrogens with two attached hydrogens (primary N) is 1. The maximum Gasteiger partial charge on any atom is 0.141 e. The van der Waals surface area contributed by atoms with Gasteiger partial charge in [0.1, 0.15) is 11.5 Å². The van der Waals surface area contributed by atoms with Crippen LogP contribution in [0.15, 0.2) is 46.9 Å². The van der Waals surface area contributed by atoms with E-state index in [1.165, 1.54) is 5.56 Å². The number of hydrogen-bond acceptors (Lipinski definition) is 2. The molecule has 0 atom stereocenters. The quantitative estimate of drug-likeness (QED) is 0.815. The average molecular weight is 306 g/mol. The number of nitrogen functional groups attached to an aromatic ring is 1. The van der Waals surface area contributed by atoms with Gasteiger partial charge in [-0.2, -0.15) is 0 Å². The van der Waals surface area contributed by atoms with Gasteiger partial charge in [-0.1, -0.05) is 26.0 Å². The molecule has 18 heavy (non-hydrogen) atoms. The molecule has 0 radical (unpaired) electrons. The lowest BCUT2D eigenvalue weighted by Crippen LogP contribution is -1.90. The smallest absolute Gasteiger partial charge is 0.141 e. The van der Waals surface area contributed by atoms with E-state index in [9.17, 15) is 0 Å². The zero-order valence-corrected chi connectivity index (χ0v) is 12.1. The van der Waals surface area contributed by atoms with E-state index in [1.807, 2.05) is 30.3 Å². The molecule has 0 amide bonds. The Labute approximate surface area is 116 Å². The van der Waals surface area contributed by atoms with Gasteiger partial charge in [-0.15, -0.1) is 0 Å². The van der Waals surface area contributed by atoms with Crippen molar-refractivity contribution in [2.45, 2.75) is 19.8 Å². The van der Waals surface area contributed by atoms with Crippen molar-refractivity contribution in [2.24, 2.45) is 0 Å². The summed E-state index contributed by atoms with van der Waals surface area (Å²) in [4.78, 5) is 0. The summed E-state index contributed by atoms with van der Waals surface area (Å²) in [5.74, 6) is 2.12. The molecular formula is C15H16BrNO. The van der Waals surface area contributed by atoms with Crippen molar-refractivity contribution in [3.8, 4) is 11.5 Å². The van der Waals surface area contributed by atoms with Crippen molar-refractivity contribution in [3.05, 3.63) is 52.5 Å². The number of hydrogen-bond donors (Lipinski definition) is 1. The summed E-state index contributed by atoms with van der Waals surface area (Å²) >= 11 is 3.44. The van der Waals surface area contributed by atoms with E-state index in [2.05, 4.69) is 41.9 Å². The summed E-state index contributed by atoms with van der Waals surface area (Å²) in [6, 6.07) is 13.7. The molecule has 0 saturated carbocycles. The Hall–Kier alpha value is -1.48. The zero-order valence-electron chi connectivity index (χ0n) is 10.5. The van der Waals surface area contributed by atoms with Gasteiger partial charge >= 0.3 is 0 Å². The summed E-state index contributed by atoms with van der Waals surface area (Å²) in [7, 11) is 0. The van der Waals surface area contributed by atoms with Gasteiger partial charge < -0.3 is 10.5 Å². The molecule has 0 aliphatic rings. The lowest BCUT2D eigenvalue weighted by atomic mass is 10.0. The monoisotopic (exact) mass is 305 g/mol. The Balaban J connectivity index is 2.18. The molecular weight excluding hydrogens is 290 g/mol. The van der Waals surface area contributed by atoms with Crippen molar-refractivity contribution in [3.63, 3.8) is 0 Å². The second-order valence-electron chi connectivity index (χ2n) is 4.52. The maximum absolute atomic E-state index is 5.80. The van der Waals surface area contributed by atoms with Gasteiger partial charge in [-0.25, -0.2) is 0 Å². The summed E-state index contributed by atoms with van der Waals surface area (Å²) in [5.41, 5.74) is 7.71. The number of anilines is 1. The van der Waals surface area contributed by atoms with E-state index in [-0.39, 0.29) is 0 Å². The molecule has 0 heterocycles. The largest absolute Gasteiger partial charge is 0.456 e. The molecule has 2 aromatic carbocycles. The summed E-state index contributed by atoms with van der Waals surface area (Å²) in [6.07, 6.45) is 0. The van der Waals surface area contributed by atoms with Gasteiger partial charge in [0, 0.05) is 5.69 Å². The Morgan fingerprint density at radius 3 is 2.28 bits per heavy atom. The highest BCUT2D eigenvalue weighted by Crippen LogP contribution is 2.31. The minimum Gasteiger partial charge on any atom is -0.456 e. The summed E-state index contributed by atoms with van der Waals surface area (Å²) in [6.45, 7) is 4.35. The fourth-order valence-corrected chi connectivity index (χ4v) is 2.13. The number of halogens is 1. The lowest BCUT2D eigenvalue weighted by Gasteiger charge is -2.10. The molecule has 0 aliphatic heterocycles. The third kappa shape index (κ3) is 3.05. The van der Waals surface area contributed by atoms with Crippen molar-refractivity contribution in [2.75, 3.05) is 5.73 Å². The van der Waals surface area contributed by atoms with E-state index in [0.717, 1.165) is 16.0 Å². The van der Waals surface area contributed by atoms with Crippen LogP contribution in [0.1, 0.15) is 25.3 Å². The number of ether oxygens (including phenoxy) is 1. The Morgan fingerprint density at radius 1 is 1.06 bits per heavy atom. The molecule has 0 bridgehead atoms. The second-order valence-corrected chi connectivity index (χ2v) is 5.37. The standard InChI is InChI=1S/C15H16BrNO/c1-10(2)11-3-6-13(7-4-11)18-15-8-5-12(17)9-14(15)16/h3-10H,17H2,1-2H3. The van der Waals surface area contributed by atoms with Crippen LogP contribution in [-0.4, -0.2) is 0 Å². The first-order valence-corrected chi connectivity index (χ1v) is 6.68. The van der Waals surface area contributed by atoms with Gasteiger partial charge in [0.15, 0.2) is 0 Å². The van der Waals surface area contributed by atoms with E-state index >= 15 is 0 Å². The summed E-state index contributed by atoms with van der Waals surface area (Å²) in [5, 5.41) is 0. The van der Waals surface area contributed by atoms with Crippen LogP contribution in [0.4, 0.5) is 5.69 Å². The topological polar surface area (TPSA) is 35.2 Å². The molecule has 0 spiro atoms. The molecule has 2 N–H and O–H groups in total. The third-order valence-corrected chi connectivity index (χ3v) is 3.35. The Kier molecular flexibility index (Phi) is 3.92. The van der Waals surface area contributed by atoms with Crippen molar-refractivity contribution in [1.29, 1.82) is 0 Å². The van der Waals surface area contributed by atoms with Crippen molar-refractivity contribution < 1.29 is 4.74 Å². The highest BCUT2D eigenvalue weighted by Gasteiger charge is 2.04. The molecule has 2 aromatic rings. The van der Waals surface area contributed by atoms with Crippen LogP contribution < -0.4 is 10.5 Å². The SMILES string of the molecule is CC(C)c1ccc(Oc2ccc(N)cc2Br)cc1. The molecule has 2 rings (SSSR count). The van der Waals surface area contributed by atoms with Crippen LogP contribution >= 0.6 is 15.9 Å². The van der Waals surface area contributed by atoms with Gasteiger partial charge in [-0.3, -0.25) is 0 Å². The highest BCUT2D eigenvalue weighted by molar-refractivity contribution is 9.10. The maximum atomic E-state index is 5.80. The lowest BCUT2D eigenvalue weighted by molar-refractivity contribution is 0.479. The highest BCUT2D eigenvalue weighted by atomic mass is 79.9. The van der Waals surface area contributed by atoms with Crippen molar-refractivity contribution in [1.82, 2.24) is 0 Å². The number of benzene rings is 2. The Morgan fingerprint density at radius 2 is 1.72 bits per heavy atom. The molecule has 0 saturated heterocycles. The molecule has 94 valence electrons. The van der Waals surface area contributed by atoms with Gasteiger partial charge in [0.25, 0.3) is 0 Å². The summed E-state index contributed by atoms with van der Waals surface area (Å²) < 4.78 is 6.65. The minimum atomic E-state index is 0.530. The Bertz CT molecular complexity index is 535. The average Bonchev–Trinajstić information content (AvgIpc) is 2.33. The first kappa shape index (κ1) is 13.0. The molecule has 0 fully saturated rings. The molecule has 0 aliphatic carbocycles. The van der Waals surface area contributed by atoms with E-state index in [4.69, 9.17) is 10.5 Å². The predicted molar refractivity (Wildman–Crippen MR) is 79.2 cm³/mol. The molecule has 2 nitrogen and oxygen atoms in total. The van der Waals surface area contributed by atoms with Crippen LogP contribution in [0.3, 0.4) is 0 Å². The minimum absolute atomic E-state index is 0.530. The van der Waals surface area contributed by atoms with E-state index in [0.29, 0.717) is 11.6 Å². The fraction of sp³-hybridized carbons (Fsp3) is 0.200. The molecule has 0 unspecified atom stereocenters. The molecule has 3 heteroatoms. The first-order chi connectivity index (χ1) is 8.56. The van der Waals surface area contributed by atoms with Crippen LogP contribution in [0, 0.1) is 0 Å². The fourth-order valence-electron chi connectivity index (χ4n) is 1.65. The number of rotatable bonds is 3. The van der Waals surface area contributed by atoms with E-state index < -0.39 is 0 Å². The van der Waals surface area contributed by atoms with Gasteiger partial charge in [0.2, 0.25) is 0 Å². The van der Waals surface area contributed by atoms with Crippen LogP contribution in [0.2, 0.25) is 0 Å². The first-order valence-electron chi connectivity index (χ1n) is 5.89. The molecule has 0 aromatic heterocycles. The third-order valence-electron chi connectivity index (χ3n) is 2.73. The predicted octanol–water partition coefficient (Wildman–Crippen LogP) is 4.95. The van der Waals surface area contributed by atoms with Gasteiger partial charge in [0.05, 0.1) is 4.47 Å². The zero-order chi connectivity index (χ0) is 13.1. The normalized spacial score (nSPS) is 10.7. The van der Waals surface area contributed by atoms with Crippen molar-refractivity contribution >= 4 is 21.6 Å². The van der Waals surface area contributed by atoms with Gasteiger partial charge in [-0.05, 0) is 57.7 Å². The van der Waals surface area contributed by atoms with E-state index in [1.54, 1.807) is 0 Å². The van der Waals surface area contributed by atoms with Crippen LogP contribution in [0.25, 0.3) is 0 Å².